The van der Waals surface area contributed by atoms with E-state index >= 15 is 0 Å². The molecule has 0 amide bonds. The molecule has 1 aromatic carbocycles. The molecule has 0 aliphatic heterocycles. The van der Waals surface area contributed by atoms with Crippen molar-refractivity contribution in [3.05, 3.63) is 46.3 Å². The molecule has 0 aliphatic rings. The molecule has 1 aromatic heterocycles. The maximum atomic E-state index is 5.68. The molecular weight excluding hydrogens is 322 g/mol. The quantitative estimate of drug-likeness (QED) is 0.870. The lowest BCUT2D eigenvalue weighted by Crippen LogP contribution is -2.22. The molecule has 1 atom stereocenters. The molecule has 0 aliphatic carbocycles. The minimum absolute atomic E-state index is 0.0867. The summed E-state index contributed by atoms with van der Waals surface area (Å²) in [7, 11) is 3.31. The molecular formula is C15H18BrNO3. The monoisotopic (exact) mass is 339 g/mol. The Kier molecular flexibility index (Phi) is 5.09. The van der Waals surface area contributed by atoms with Gasteiger partial charge in [-0.2, -0.15) is 0 Å². The van der Waals surface area contributed by atoms with Gasteiger partial charge in [-0.1, -0.05) is 6.92 Å². The summed E-state index contributed by atoms with van der Waals surface area (Å²) >= 11 is 3.34. The van der Waals surface area contributed by atoms with Gasteiger partial charge in [-0.15, -0.1) is 0 Å². The Labute approximate surface area is 127 Å². The van der Waals surface area contributed by atoms with E-state index in [9.17, 15) is 0 Å². The molecule has 2 aromatic rings. The Hall–Kier alpha value is -1.46. The zero-order chi connectivity index (χ0) is 14.5. The van der Waals surface area contributed by atoms with Crippen LogP contribution in [0.1, 0.15) is 24.3 Å². The topological polar surface area (TPSA) is 43.6 Å². The number of halogens is 1. The van der Waals surface area contributed by atoms with E-state index in [4.69, 9.17) is 13.9 Å². The zero-order valence-electron chi connectivity index (χ0n) is 11.8. The number of ether oxygens (including phenoxy) is 2. The van der Waals surface area contributed by atoms with Crippen molar-refractivity contribution in [1.29, 1.82) is 0 Å². The molecule has 0 radical (unpaired) electrons. The van der Waals surface area contributed by atoms with Gasteiger partial charge in [-0.3, -0.25) is 0 Å². The largest absolute Gasteiger partial charge is 0.497 e. The van der Waals surface area contributed by atoms with Crippen LogP contribution in [0.15, 0.2) is 39.4 Å². The lowest BCUT2D eigenvalue weighted by molar-refractivity contribution is 0.383. The fourth-order valence-corrected chi connectivity index (χ4v) is 2.44. The van der Waals surface area contributed by atoms with Crippen molar-refractivity contribution in [1.82, 2.24) is 5.32 Å². The third-order valence-electron chi connectivity index (χ3n) is 3.03. The van der Waals surface area contributed by atoms with Crippen molar-refractivity contribution in [2.45, 2.75) is 13.0 Å². The molecule has 20 heavy (non-hydrogen) atoms. The molecule has 1 unspecified atom stereocenters. The van der Waals surface area contributed by atoms with Crippen LogP contribution in [-0.2, 0) is 0 Å². The summed E-state index contributed by atoms with van der Waals surface area (Å²) in [6.07, 6.45) is 0. The highest BCUT2D eigenvalue weighted by atomic mass is 79.9. The average Bonchev–Trinajstić information content (AvgIpc) is 2.90. The van der Waals surface area contributed by atoms with Crippen LogP contribution in [0.4, 0.5) is 0 Å². The maximum Gasteiger partial charge on any atom is 0.169 e. The third kappa shape index (κ3) is 3.16. The zero-order valence-corrected chi connectivity index (χ0v) is 13.4. The second-order valence-electron chi connectivity index (χ2n) is 4.24. The Bertz CT molecular complexity index is 568. The van der Waals surface area contributed by atoms with E-state index in [0.717, 1.165) is 29.4 Å². The summed E-state index contributed by atoms with van der Waals surface area (Å²) in [5.74, 6) is 2.41. The Morgan fingerprint density at radius 1 is 1.20 bits per heavy atom. The van der Waals surface area contributed by atoms with E-state index in [2.05, 4.69) is 28.2 Å². The van der Waals surface area contributed by atoms with E-state index in [-0.39, 0.29) is 6.04 Å². The first-order chi connectivity index (χ1) is 9.69. The van der Waals surface area contributed by atoms with Crippen LogP contribution in [0.2, 0.25) is 0 Å². The van der Waals surface area contributed by atoms with Crippen LogP contribution in [-0.4, -0.2) is 20.8 Å². The Morgan fingerprint density at radius 3 is 2.55 bits per heavy atom. The summed E-state index contributed by atoms with van der Waals surface area (Å²) in [6.45, 7) is 2.86. The first kappa shape index (κ1) is 14.9. The van der Waals surface area contributed by atoms with Gasteiger partial charge in [0.2, 0.25) is 0 Å². The van der Waals surface area contributed by atoms with Gasteiger partial charge in [0.05, 0.1) is 20.3 Å². The number of rotatable bonds is 6. The smallest absolute Gasteiger partial charge is 0.169 e. The lowest BCUT2D eigenvalue weighted by atomic mass is 10.0. The molecule has 2 rings (SSSR count). The molecule has 0 spiro atoms. The van der Waals surface area contributed by atoms with Crippen molar-refractivity contribution in [3.8, 4) is 11.5 Å². The van der Waals surface area contributed by atoms with E-state index in [1.54, 1.807) is 14.2 Å². The van der Waals surface area contributed by atoms with Gasteiger partial charge in [-0.05, 0) is 52.8 Å². The second kappa shape index (κ2) is 6.81. The summed E-state index contributed by atoms with van der Waals surface area (Å²) in [4.78, 5) is 0. The van der Waals surface area contributed by atoms with Crippen molar-refractivity contribution in [2.24, 2.45) is 0 Å². The lowest BCUT2D eigenvalue weighted by Gasteiger charge is -2.19. The Balaban J connectivity index is 2.47. The molecule has 1 heterocycles. The predicted molar refractivity (Wildman–Crippen MR) is 81.5 cm³/mol. The minimum atomic E-state index is -0.0867. The summed E-state index contributed by atoms with van der Waals surface area (Å²) in [6, 6.07) is 9.47. The van der Waals surface area contributed by atoms with Gasteiger partial charge < -0.3 is 19.2 Å². The number of nitrogens with one attached hydrogen (secondary N) is 1. The van der Waals surface area contributed by atoms with Crippen molar-refractivity contribution in [2.75, 3.05) is 20.8 Å². The standard InChI is InChI=1S/C15H18BrNO3/c1-4-17-15(13-7-8-14(16)20-13)11-9-10(18-2)5-6-12(11)19-3/h5-9,15,17H,4H2,1-3H3. The fraction of sp³-hybridized carbons (Fsp3) is 0.333. The van der Waals surface area contributed by atoms with Crippen LogP contribution in [0.25, 0.3) is 0 Å². The molecule has 0 saturated heterocycles. The SMILES string of the molecule is CCNC(c1ccc(Br)o1)c1cc(OC)ccc1OC. The fourth-order valence-electron chi connectivity index (χ4n) is 2.12. The van der Waals surface area contributed by atoms with Crippen LogP contribution < -0.4 is 14.8 Å². The highest BCUT2D eigenvalue weighted by Crippen LogP contribution is 2.34. The third-order valence-corrected chi connectivity index (χ3v) is 3.46. The van der Waals surface area contributed by atoms with Crippen molar-refractivity contribution in [3.63, 3.8) is 0 Å². The van der Waals surface area contributed by atoms with Crippen LogP contribution in [0.3, 0.4) is 0 Å². The molecule has 5 heteroatoms. The van der Waals surface area contributed by atoms with E-state index in [0.29, 0.717) is 4.67 Å². The van der Waals surface area contributed by atoms with E-state index < -0.39 is 0 Å². The highest BCUT2D eigenvalue weighted by molar-refractivity contribution is 9.10. The highest BCUT2D eigenvalue weighted by Gasteiger charge is 2.21. The predicted octanol–water partition coefficient (Wildman–Crippen LogP) is 3.76. The van der Waals surface area contributed by atoms with Crippen LogP contribution in [0, 0.1) is 0 Å². The minimum Gasteiger partial charge on any atom is -0.497 e. The van der Waals surface area contributed by atoms with Crippen LogP contribution in [0.5, 0.6) is 11.5 Å². The number of benzene rings is 1. The Morgan fingerprint density at radius 2 is 2.00 bits per heavy atom. The molecule has 1 N–H and O–H groups in total. The van der Waals surface area contributed by atoms with Crippen LogP contribution >= 0.6 is 15.9 Å². The molecule has 0 saturated carbocycles. The first-order valence-corrected chi connectivity index (χ1v) is 7.19. The molecule has 0 bridgehead atoms. The van der Waals surface area contributed by atoms with Gasteiger partial charge in [0.25, 0.3) is 0 Å². The molecule has 108 valence electrons. The molecule has 4 nitrogen and oxygen atoms in total. The van der Waals surface area contributed by atoms with Gasteiger partial charge in [0, 0.05) is 5.56 Å². The second-order valence-corrected chi connectivity index (χ2v) is 5.02. The van der Waals surface area contributed by atoms with Gasteiger partial charge in [0.15, 0.2) is 4.67 Å². The number of hydrogen-bond donors (Lipinski definition) is 1. The van der Waals surface area contributed by atoms with Crippen molar-refractivity contribution >= 4 is 15.9 Å². The summed E-state index contributed by atoms with van der Waals surface area (Å²) < 4.78 is 17.1. The van der Waals surface area contributed by atoms with E-state index in [1.807, 2.05) is 30.3 Å². The number of furan rings is 1. The van der Waals surface area contributed by atoms with Gasteiger partial charge in [-0.25, -0.2) is 0 Å². The number of methoxy groups -OCH3 is 2. The molecule has 0 fully saturated rings. The normalized spacial score (nSPS) is 12.2. The first-order valence-electron chi connectivity index (χ1n) is 6.40. The average molecular weight is 340 g/mol. The summed E-state index contributed by atoms with van der Waals surface area (Å²) in [5.41, 5.74) is 0.982. The van der Waals surface area contributed by atoms with Gasteiger partial charge in [0.1, 0.15) is 17.3 Å². The van der Waals surface area contributed by atoms with Gasteiger partial charge >= 0.3 is 0 Å². The summed E-state index contributed by atoms with van der Waals surface area (Å²) in [5, 5.41) is 3.40. The van der Waals surface area contributed by atoms with Crippen molar-refractivity contribution < 1.29 is 13.9 Å². The maximum absolute atomic E-state index is 5.68. The van der Waals surface area contributed by atoms with E-state index in [1.165, 1.54) is 0 Å². The number of hydrogen-bond acceptors (Lipinski definition) is 4.